The fourth-order valence-corrected chi connectivity index (χ4v) is 1.39. The van der Waals surface area contributed by atoms with Crippen molar-refractivity contribution in [2.75, 3.05) is 19.0 Å². The maximum absolute atomic E-state index is 12.7. The molecule has 0 saturated carbocycles. The Labute approximate surface area is 75.8 Å². The zero-order chi connectivity index (χ0) is 10.2. The van der Waals surface area contributed by atoms with Crippen molar-refractivity contribution in [3.63, 3.8) is 0 Å². The number of alkyl halides is 3. The van der Waals surface area contributed by atoms with Crippen LogP contribution in [-0.2, 0) is 6.18 Å². The molecule has 0 aliphatic carbocycles. The Morgan fingerprint density at radius 2 is 1.85 bits per heavy atom. The quantitative estimate of drug-likeness (QED) is 0.667. The van der Waals surface area contributed by atoms with E-state index in [0.29, 0.717) is 11.3 Å². The van der Waals surface area contributed by atoms with Gasteiger partial charge in [-0.1, -0.05) is 11.3 Å². The molecule has 1 rings (SSSR count). The van der Waals surface area contributed by atoms with Crippen LogP contribution >= 0.6 is 11.3 Å². The summed E-state index contributed by atoms with van der Waals surface area (Å²) in [5.41, 5.74) is -1.44. The molecule has 74 valence electrons. The second-order valence-electron chi connectivity index (χ2n) is 2.51. The van der Waals surface area contributed by atoms with Crippen molar-refractivity contribution in [2.24, 2.45) is 0 Å². The van der Waals surface area contributed by atoms with Crippen LogP contribution in [-0.4, -0.2) is 19.1 Å². The number of halogens is 4. The van der Waals surface area contributed by atoms with E-state index in [9.17, 15) is 17.6 Å². The first-order chi connectivity index (χ1) is 5.82. The second-order valence-corrected chi connectivity index (χ2v) is 3.44. The van der Waals surface area contributed by atoms with E-state index >= 15 is 0 Å². The summed E-state index contributed by atoms with van der Waals surface area (Å²) < 4.78 is 48.7. The van der Waals surface area contributed by atoms with Crippen molar-refractivity contribution in [2.45, 2.75) is 6.18 Å². The molecule has 0 spiro atoms. The first-order valence-corrected chi connectivity index (χ1v) is 4.05. The minimum atomic E-state index is -4.71. The number of hydrogen-bond donors (Lipinski definition) is 0. The maximum Gasteiger partial charge on any atom is 0.437 e. The summed E-state index contributed by atoms with van der Waals surface area (Å²) in [6.45, 7) is 0. The van der Waals surface area contributed by atoms with Gasteiger partial charge in [-0.05, 0) is 0 Å². The molecule has 0 fully saturated rings. The summed E-state index contributed by atoms with van der Waals surface area (Å²) in [7, 11) is 3.00. The fraction of sp³-hybridized carbons (Fsp3) is 0.500. The lowest BCUT2D eigenvalue weighted by Crippen LogP contribution is -2.11. The molecular weight excluding hydrogens is 208 g/mol. The first kappa shape index (κ1) is 10.2. The number of anilines is 1. The highest BCUT2D eigenvalue weighted by Gasteiger charge is 2.38. The van der Waals surface area contributed by atoms with E-state index in [2.05, 4.69) is 4.98 Å². The zero-order valence-electron chi connectivity index (χ0n) is 6.81. The fourth-order valence-electron chi connectivity index (χ4n) is 0.657. The van der Waals surface area contributed by atoms with E-state index in [4.69, 9.17) is 0 Å². The number of hydrogen-bond acceptors (Lipinski definition) is 3. The molecule has 2 nitrogen and oxygen atoms in total. The molecule has 7 heteroatoms. The Hall–Kier alpha value is -0.850. The minimum absolute atomic E-state index is 0.00447. The number of aromatic nitrogens is 1. The molecule has 0 unspecified atom stereocenters. The molecule has 1 aromatic heterocycles. The molecule has 1 aromatic rings. The molecule has 0 N–H and O–H groups in total. The molecule has 0 bridgehead atoms. The standard InChI is InChI=1S/C6H6F4N2S/c1-12(2)5-11-3(4(7)13-5)6(8,9)10/h1-2H3. The highest BCUT2D eigenvalue weighted by Crippen LogP contribution is 2.35. The van der Waals surface area contributed by atoms with Crippen molar-refractivity contribution >= 4 is 16.5 Å². The molecular formula is C6H6F4N2S. The molecule has 0 aliphatic rings. The summed E-state index contributed by atoms with van der Waals surface area (Å²) in [6, 6.07) is 0. The lowest BCUT2D eigenvalue weighted by molar-refractivity contribution is -0.142. The van der Waals surface area contributed by atoms with Gasteiger partial charge >= 0.3 is 6.18 Å². The molecule has 0 aliphatic heterocycles. The van der Waals surface area contributed by atoms with Gasteiger partial charge in [-0.25, -0.2) is 4.98 Å². The second kappa shape index (κ2) is 3.13. The van der Waals surface area contributed by atoms with E-state index in [1.165, 1.54) is 19.0 Å². The molecule has 0 atom stereocenters. The molecule has 13 heavy (non-hydrogen) atoms. The summed E-state index contributed by atoms with van der Waals surface area (Å²) >= 11 is 0.377. The average Bonchev–Trinajstić information content (AvgIpc) is 2.29. The minimum Gasteiger partial charge on any atom is -0.354 e. The third-order valence-corrected chi connectivity index (χ3v) is 2.24. The molecule has 0 saturated heterocycles. The lowest BCUT2D eigenvalue weighted by atomic mass is 10.5. The zero-order valence-corrected chi connectivity index (χ0v) is 7.63. The third-order valence-electron chi connectivity index (χ3n) is 1.23. The summed E-state index contributed by atoms with van der Waals surface area (Å²) in [5, 5.41) is -1.29. The van der Waals surface area contributed by atoms with Crippen molar-refractivity contribution in [3.05, 3.63) is 10.8 Å². The molecule has 0 aromatic carbocycles. The van der Waals surface area contributed by atoms with E-state index in [0.717, 1.165) is 0 Å². The van der Waals surface area contributed by atoms with Crippen LogP contribution in [0.25, 0.3) is 0 Å². The highest BCUT2D eigenvalue weighted by atomic mass is 32.1. The van der Waals surface area contributed by atoms with Gasteiger partial charge in [0, 0.05) is 14.1 Å². The summed E-state index contributed by atoms with van der Waals surface area (Å²) in [6.07, 6.45) is -4.71. The largest absolute Gasteiger partial charge is 0.437 e. The van der Waals surface area contributed by atoms with Crippen LogP contribution in [0.4, 0.5) is 22.7 Å². The monoisotopic (exact) mass is 214 g/mol. The predicted octanol–water partition coefficient (Wildman–Crippen LogP) is 2.37. The van der Waals surface area contributed by atoms with Gasteiger partial charge in [-0.2, -0.15) is 17.6 Å². The number of rotatable bonds is 1. The highest BCUT2D eigenvalue weighted by molar-refractivity contribution is 7.14. The van der Waals surface area contributed by atoms with Gasteiger partial charge in [0.2, 0.25) is 5.13 Å². The Morgan fingerprint density at radius 3 is 2.08 bits per heavy atom. The lowest BCUT2D eigenvalue weighted by Gasteiger charge is -2.05. The van der Waals surface area contributed by atoms with Crippen LogP contribution in [0, 0.1) is 5.13 Å². The van der Waals surface area contributed by atoms with Gasteiger partial charge in [0.15, 0.2) is 10.8 Å². The topological polar surface area (TPSA) is 16.1 Å². The van der Waals surface area contributed by atoms with Gasteiger partial charge in [0.05, 0.1) is 0 Å². The van der Waals surface area contributed by atoms with Crippen molar-refractivity contribution in [1.82, 2.24) is 4.98 Å². The van der Waals surface area contributed by atoms with Crippen LogP contribution in [0.15, 0.2) is 0 Å². The summed E-state index contributed by atoms with van der Waals surface area (Å²) in [4.78, 5) is 4.45. The normalized spacial score (nSPS) is 11.8. The van der Waals surface area contributed by atoms with E-state index in [1.54, 1.807) is 0 Å². The van der Waals surface area contributed by atoms with Gasteiger partial charge in [-0.3, -0.25) is 0 Å². The Balaban J connectivity index is 3.11. The average molecular weight is 214 g/mol. The van der Waals surface area contributed by atoms with Crippen molar-refractivity contribution in [3.8, 4) is 0 Å². The van der Waals surface area contributed by atoms with E-state index in [-0.39, 0.29) is 5.13 Å². The molecule has 1 heterocycles. The van der Waals surface area contributed by atoms with Crippen LogP contribution in [0.5, 0.6) is 0 Å². The Morgan fingerprint density at radius 1 is 1.31 bits per heavy atom. The third kappa shape index (κ3) is 2.09. The van der Waals surface area contributed by atoms with Gasteiger partial charge in [-0.15, -0.1) is 0 Å². The predicted molar refractivity (Wildman–Crippen MR) is 41.4 cm³/mol. The maximum atomic E-state index is 12.7. The van der Waals surface area contributed by atoms with Gasteiger partial charge in [0.1, 0.15) is 0 Å². The van der Waals surface area contributed by atoms with Crippen LogP contribution in [0.3, 0.4) is 0 Å². The molecule has 0 radical (unpaired) electrons. The van der Waals surface area contributed by atoms with E-state index in [1.807, 2.05) is 0 Å². The van der Waals surface area contributed by atoms with E-state index < -0.39 is 17.0 Å². The number of nitrogens with zero attached hydrogens (tertiary/aromatic N) is 2. The molecule has 0 amide bonds. The van der Waals surface area contributed by atoms with Gasteiger partial charge < -0.3 is 4.90 Å². The van der Waals surface area contributed by atoms with Crippen LogP contribution in [0.1, 0.15) is 5.69 Å². The van der Waals surface area contributed by atoms with Crippen molar-refractivity contribution in [1.29, 1.82) is 0 Å². The Kier molecular flexibility index (Phi) is 2.47. The Bertz CT molecular complexity index is 304. The SMILES string of the molecule is CN(C)c1nc(C(F)(F)F)c(F)s1. The van der Waals surface area contributed by atoms with Crippen LogP contribution in [0.2, 0.25) is 0 Å². The first-order valence-electron chi connectivity index (χ1n) is 3.23. The number of thiazole rings is 1. The smallest absolute Gasteiger partial charge is 0.354 e. The van der Waals surface area contributed by atoms with Crippen LogP contribution < -0.4 is 4.90 Å². The van der Waals surface area contributed by atoms with Crippen molar-refractivity contribution < 1.29 is 17.6 Å². The van der Waals surface area contributed by atoms with Gasteiger partial charge in [0.25, 0.3) is 0 Å². The summed E-state index contributed by atoms with van der Waals surface area (Å²) in [5.74, 6) is 0.